The third-order valence-electron chi connectivity index (χ3n) is 4.01. The summed E-state index contributed by atoms with van der Waals surface area (Å²) in [4.78, 5) is 0. The molecule has 0 aromatic heterocycles. The van der Waals surface area contributed by atoms with Crippen molar-refractivity contribution in [2.75, 3.05) is 19.8 Å². The monoisotopic (exact) mass is 342 g/mol. The van der Waals surface area contributed by atoms with Gasteiger partial charge < -0.3 is 55.1 Å². The highest BCUT2D eigenvalue weighted by molar-refractivity contribution is 4.95. The Hall–Kier alpha value is -0.440. The van der Waals surface area contributed by atoms with Crippen molar-refractivity contribution in [1.29, 1.82) is 0 Å². The second kappa shape index (κ2) is 7.21. The van der Waals surface area contributed by atoms with E-state index >= 15 is 0 Å². The maximum Gasteiger partial charge on any atom is 0.219 e. The first-order valence-corrected chi connectivity index (χ1v) is 7.04. The van der Waals surface area contributed by atoms with E-state index in [1.165, 1.54) is 0 Å². The molecule has 2 fully saturated rings. The maximum absolute atomic E-state index is 10.1. The van der Waals surface area contributed by atoms with Gasteiger partial charge in [0.1, 0.15) is 42.7 Å². The van der Waals surface area contributed by atoms with Crippen molar-refractivity contribution in [3.63, 3.8) is 0 Å². The minimum atomic E-state index is -2.38. The van der Waals surface area contributed by atoms with Gasteiger partial charge in [0.2, 0.25) is 5.79 Å². The lowest BCUT2D eigenvalue weighted by Gasteiger charge is -2.47. The summed E-state index contributed by atoms with van der Waals surface area (Å²) < 4.78 is 15.1. The molecule has 0 spiro atoms. The van der Waals surface area contributed by atoms with Crippen molar-refractivity contribution >= 4 is 0 Å². The summed E-state index contributed by atoms with van der Waals surface area (Å²) in [6.07, 6.45) is -12.9. The SMILES string of the molecule is OC[C@@H]1O[C@H](O[C@H]2[C@H](O)[C@@H](O)CO[C@@]2(O)CO)[C@H](O)[C@H](O)[C@@H]1O. The van der Waals surface area contributed by atoms with Crippen molar-refractivity contribution in [3.05, 3.63) is 0 Å². The van der Waals surface area contributed by atoms with E-state index in [4.69, 9.17) is 19.3 Å². The molecular formula is C12H22O11. The van der Waals surface area contributed by atoms with Gasteiger partial charge in [0.25, 0.3) is 0 Å². The van der Waals surface area contributed by atoms with Gasteiger partial charge in [-0.3, -0.25) is 0 Å². The van der Waals surface area contributed by atoms with Crippen LogP contribution in [0.4, 0.5) is 0 Å². The van der Waals surface area contributed by atoms with Gasteiger partial charge in [0.15, 0.2) is 6.29 Å². The van der Waals surface area contributed by atoms with Crippen molar-refractivity contribution in [2.45, 2.75) is 54.8 Å². The van der Waals surface area contributed by atoms with Crippen LogP contribution >= 0.6 is 0 Å². The van der Waals surface area contributed by atoms with Crippen molar-refractivity contribution < 1.29 is 55.1 Å². The molecule has 0 aromatic carbocycles. The first-order chi connectivity index (χ1) is 10.7. The predicted octanol–water partition coefficient (Wildman–Crippen LogP) is -5.40. The predicted molar refractivity (Wildman–Crippen MR) is 68.6 cm³/mol. The lowest BCUT2D eigenvalue weighted by molar-refractivity contribution is -0.387. The first-order valence-electron chi connectivity index (χ1n) is 7.04. The van der Waals surface area contributed by atoms with E-state index in [2.05, 4.69) is 0 Å². The summed E-state index contributed by atoms with van der Waals surface area (Å²) in [5.41, 5.74) is 0. The van der Waals surface area contributed by atoms with Crippen LogP contribution in [0.2, 0.25) is 0 Å². The third kappa shape index (κ3) is 3.50. The minimum Gasteiger partial charge on any atom is -0.394 e. The van der Waals surface area contributed by atoms with Crippen molar-refractivity contribution in [3.8, 4) is 0 Å². The van der Waals surface area contributed by atoms with Gasteiger partial charge in [-0.05, 0) is 0 Å². The van der Waals surface area contributed by atoms with Crippen molar-refractivity contribution in [1.82, 2.24) is 0 Å². The average molecular weight is 342 g/mol. The molecule has 2 rings (SSSR count). The second-order valence-corrected chi connectivity index (χ2v) is 5.63. The van der Waals surface area contributed by atoms with E-state index < -0.39 is 74.6 Å². The molecule has 11 nitrogen and oxygen atoms in total. The van der Waals surface area contributed by atoms with E-state index in [-0.39, 0.29) is 0 Å². The Morgan fingerprint density at radius 2 is 1.61 bits per heavy atom. The molecule has 0 aliphatic carbocycles. The van der Waals surface area contributed by atoms with Gasteiger partial charge in [0.05, 0.1) is 19.8 Å². The minimum absolute atomic E-state index is 0.466. The summed E-state index contributed by atoms with van der Waals surface area (Å²) in [6.45, 7) is -2.15. The lowest BCUT2D eigenvalue weighted by Crippen LogP contribution is -2.67. The molecule has 0 amide bonds. The second-order valence-electron chi connectivity index (χ2n) is 5.63. The van der Waals surface area contributed by atoms with Gasteiger partial charge >= 0.3 is 0 Å². The summed E-state index contributed by atoms with van der Waals surface area (Å²) in [7, 11) is 0. The molecule has 8 N–H and O–H groups in total. The van der Waals surface area contributed by atoms with Crippen molar-refractivity contribution in [2.24, 2.45) is 0 Å². The highest BCUT2D eigenvalue weighted by Crippen LogP contribution is 2.30. The standard InChI is InChI=1S/C12H22O11/c13-1-5-7(17)8(18)9(19)11(22-5)23-10-6(16)4(15)2-21-12(10,20)3-14/h4-11,13-20H,1-3H2/t4-,5-,6+,7+,8+,9+,10-,11+,12-/m0/s1. The molecule has 0 unspecified atom stereocenters. The van der Waals surface area contributed by atoms with Gasteiger partial charge in [-0.15, -0.1) is 0 Å². The van der Waals surface area contributed by atoms with Crippen LogP contribution in [-0.2, 0) is 14.2 Å². The zero-order chi connectivity index (χ0) is 17.4. The molecule has 2 aliphatic rings. The van der Waals surface area contributed by atoms with E-state index in [1.54, 1.807) is 0 Å². The molecule has 0 bridgehead atoms. The van der Waals surface area contributed by atoms with E-state index in [1.807, 2.05) is 0 Å². The third-order valence-corrected chi connectivity index (χ3v) is 4.01. The van der Waals surface area contributed by atoms with Crippen LogP contribution in [0.3, 0.4) is 0 Å². The van der Waals surface area contributed by atoms with Crippen LogP contribution in [0.5, 0.6) is 0 Å². The molecule has 0 radical (unpaired) electrons. The topological polar surface area (TPSA) is 190 Å². The van der Waals surface area contributed by atoms with Crippen LogP contribution in [0.1, 0.15) is 0 Å². The number of aliphatic hydroxyl groups is 8. The smallest absolute Gasteiger partial charge is 0.219 e. The highest BCUT2D eigenvalue weighted by atomic mass is 16.7. The fourth-order valence-electron chi connectivity index (χ4n) is 2.53. The first kappa shape index (κ1) is 18.9. The molecule has 0 aromatic rings. The van der Waals surface area contributed by atoms with Crippen LogP contribution in [-0.4, -0.2) is 115 Å². The summed E-state index contributed by atoms with van der Waals surface area (Å²) in [6, 6.07) is 0. The molecule has 11 heteroatoms. The Morgan fingerprint density at radius 1 is 0.957 bits per heavy atom. The highest BCUT2D eigenvalue weighted by Gasteiger charge is 2.53. The summed E-state index contributed by atoms with van der Waals surface area (Å²) in [5, 5.41) is 77.2. The zero-order valence-corrected chi connectivity index (χ0v) is 12.0. The quantitative estimate of drug-likeness (QED) is 0.243. The molecule has 2 heterocycles. The molecule has 0 saturated carbocycles. The number of rotatable bonds is 4. The molecule has 2 aliphatic heterocycles. The van der Waals surface area contributed by atoms with E-state index in [9.17, 15) is 35.7 Å². The maximum atomic E-state index is 10.1. The Morgan fingerprint density at radius 3 is 2.17 bits per heavy atom. The average Bonchev–Trinajstić information content (AvgIpc) is 2.55. The lowest BCUT2D eigenvalue weighted by atomic mass is 9.96. The molecule has 9 atom stereocenters. The Bertz CT molecular complexity index is 393. The van der Waals surface area contributed by atoms with Gasteiger partial charge in [0, 0.05) is 0 Å². The summed E-state index contributed by atoms with van der Waals surface area (Å²) in [5.74, 6) is -2.38. The molecule has 2 saturated heterocycles. The molecule has 136 valence electrons. The Balaban J connectivity index is 2.17. The van der Waals surface area contributed by atoms with Crippen LogP contribution in [0, 0.1) is 0 Å². The van der Waals surface area contributed by atoms with E-state index in [0.29, 0.717) is 0 Å². The van der Waals surface area contributed by atoms with Crippen LogP contribution in [0.15, 0.2) is 0 Å². The normalized spacial score (nSPS) is 51.7. The van der Waals surface area contributed by atoms with Gasteiger partial charge in [-0.2, -0.15) is 0 Å². The largest absolute Gasteiger partial charge is 0.394 e. The molecule has 23 heavy (non-hydrogen) atoms. The Kier molecular flexibility index (Phi) is 5.92. The number of ether oxygens (including phenoxy) is 3. The van der Waals surface area contributed by atoms with Crippen LogP contribution < -0.4 is 0 Å². The van der Waals surface area contributed by atoms with Crippen LogP contribution in [0.25, 0.3) is 0 Å². The van der Waals surface area contributed by atoms with Gasteiger partial charge in [-0.25, -0.2) is 0 Å². The number of hydrogen-bond acceptors (Lipinski definition) is 11. The fraction of sp³-hybridized carbons (Fsp3) is 1.00. The van der Waals surface area contributed by atoms with Gasteiger partial charge in [-0.1, -0.05) is 0 Å². The Labute approximate surface area is 130 Å². The number of aliphatic hydroxyl groups excluding tert-OH is 7. The molecular weight excluding hydrogens is 320 g/mol. The number of hydrogen-bond donors (Lipinski definition) is 8. The zero-order valence-electron chi connectivity index (χ0n) is 12.0. The summed E-state index contributed by atoms with van der Waals surface area (Å²) >= 11 is 0. The fourth-order valence-corrected chi connectivity index (χ4v) is 2.53. The van der Waals surface area contributed by atoms with E-state index in [0.717, 1.165) is 0 Å².